The highest BCUT2D eigenvalue weighted by atomic mass is 19.1. The Morgan fingerprint density at radius 2 is 1.81 bits per heavy atom. The molecule has 3 rings (SSSR count). The van der Waals surface area contributed by atoms with Crippen LogP contribution in [0.2, 0.25) is 0 Å². The first-order chi connectivity index (χ1) is 13.0. The summed E-state index contributed by atoms with van der Waals surface area (Å²) in [5, 5.41) is 6.13. The Balaban J connectivity index is 1.69. The van der Waals surface area contributed by atoms with E-state index in [1.807, 2.05) is 24.3 Å². The SMILES string of the molecule is CC(C)c1ccccc1NC(=O)c1ccnc(NCc2ccc(F)cc2)c1. The van der Waals surface area contributed by atoms with Crippen molar-refractivity contribution < 1.29 is 9.18 Å². The summed E-state index contributed by atoms with van der Waals surface area (Å²) in [5.74, 6) is 0.448. The second kappa shape index (κ2) is 8.45. The number of carbonyl (C=O) groups excluding carboxylic acids is 1. The second-order valence-electron chi connectivity index (χ2n) is 6.61. The van der Waals surface area contributed by atoms with Gasteiger partial charge in [-0.3, -0.25) is 4.79 Å². The number of rotatable bonds is 6. The first-order valence-corrected chi connectivity index (χ1v) is 8.87. The smallest absolute Gasteiger partial charge is 0.255 e. The Labute approximate surface area is 158 Å². The average Bonchev–Trinajstić information content (AvgIpc) is 2.68. The average molecular weight is 363 g/mol. The van der Waals surface area contributed by atoms with E-state index in [-0.39, 0.29) is 11.7 Å². The van der Waals surface area contributed by atoms with Gasteiger partial charge in [-0.1, -0.05) is 44.2 Å². The van der Waals surface area contributed by atoms with Crippen LogP contribution in [0.25, 0.3) is 0 Å². The number of hydrogen-bond acceptors (Lipinski definition) is 3. The Kier molecular flexibility index (Phi) is 5.81. The molecule has 27 heavy (non-hydrogen) atoms. The second-order valence-corrected chi connectivity index (χ2v) is 6.61. The van der Waals surface area contributed by atoms with Gasteiger partial charge < -0.3 is 10.6 Å². The maximum atomic E-state index is 13.0. The molecule has 4 nitrogen and oxygen atoms in total. The van der Waals surface area contributed by atoms with Gasteiger partial charge in [0.1, 0.15) is 11.6 Å². The summed E-state index contributed by atoms with van der Waals surface area (Å²) in [4.78, 5) is 16.9. The van der Waals surface area contributed by atoms with Gasteiger partial charge in [0.15, 0.2) is 0 Å². The number of nitrogens with zero attached hydrogens (tertiary/aromatic N) is 1. The van der Waals surface area contributed by atoms with Crippen LogP contribution in [0, 0.1) is 5.82 Å². The van der Waals surface area contributed by atoms with Crippen LogP contribution in [0.3, 0.4) is 0 Å². The predicted octanol–water partition coefficient (Wildman–Crippen LogP) is 5.21. The van der Waals surface area contributed by atoms with E-state index in [1.54, 1.807) is 30.5 Å². The van der Waals surface area contributed by atoms with Gasteiger partial charge in [-0.05, 0) is 47.4 Å². The van der Waals surface area contributed by atoms with Crippen molar-refractivity contribution >= 4 is 17.4 Å². The van der Waals surface area contributed by atoms with Crippen LogP contribution in [-0.2, 0) is 6.54 Å². The molecule has 0 saturated carbocycles. The van der Waals surface area contributed by atoms with Gasteiger partial charge in [-0.25, -0.2) is 9.37 Å². The molecule has 2 aromatic carbocycles. The summed E-state index contributed by atoms with van der Waals surface area (Å²) in [7, 11) is 0. The number of carbonyl (C=O) groups is 1. The van der Waals surface area contributed by atoms with Crippen molar-refractivity contribution in [3.63, 3.8) is 0 Å². The fraction of sp³-hybridized carbons (Fsp3) is 0.182. The van der Waals surface area contributed by atoms with Crippen LogP contribution in [-0.4, -0.2) is 10.9 Å². The van der Waals surface area contributed by atoms with Gasteiger partial charge in [0.05, 0.1) is 0 Å². The van der Waals surface area contributed by atoms with Gasteiger partial charge in [0.25, 0.3) is 5.91 Å². The van der Waals surface area contributed by atoms with Crippen molar-refractivity contribution in [3.05, 3.63) is 89.4 Å². The normalized spacial score (nSPS) is 10.7. The van der Waals surface area contributed by atoms with Crippen LogP contribution in [0.4, 0.5) is 15.9 Å². The highest BCUT2D eigenvalue weighted by molar-refractivity contribution is 6.05. The number of amides is 1. The topological polar surface area (TPSA) is 54.0 Å². The van der Waals surface area contributed by atoms with E-state index in [0.29, 0.717) is 23.8 Å². The van der Waals surface area contributed by atoms with Crippen molar-refractivity contribution in [2.45, 2.75) is 26.3 Å². The fourth-order valence-corrected chi connectivity index (χ4v) is 2.77. The third-order valence-corrected chi connectivity index (χ3v) is 4.24. The minimum absolute atomic E-state index is 0.185. The maximum absolute atomic E-state index is 13.0. The predicted molar refractivity (Wildman–Crippen MR) is 106 cm³/mol. The largest absolute Gasteiger partial charge is 0.366 e. The number of anilines is 2. The van der Waals surface area contributed by atoms with Gasteiger partial charge >= 0.3 is 0 Å². The Morgan fingerprint density at radius 1 is 1.07 bits per heavy atom. The molecule has 0 unspecified atom stereocenters. The summed E-state index contributed by atoms with van der Waals surface area (Å²) < 4.78 is 13.0. The van der Waals surface area contributed by atoms with Crippen molar-refractivity contribution in [3.8, 4) is 0 Å². The van der Waals surface area contributed by atoms with E-state index in [9.17, 15) is 9.18 Å². The molecule has 0 fully saturated rings. The first-order valence-electron chi connectivity index (χ1n) is 8.87. The number of nitrogens with one attached hydrogen (secondary N) is 2. The monoisotopic (exact) mass is 363 g/mol. The van der Waals surface area contributed by atoms with Crippen LogP contribution in [0.5, 0.6) is 0 Å². The first kappa shape index (κ1) is 18.6. The zero-order chi connectivity index (χ0) is 19.2. The number of pyridine rings is 1. The van der Waals surface area contributed by atoms with Crippen molar-refractivity contribution in [1.29, 1.82) is 0 Å². The summed E-state index contributed by atoms with van der Waals surface area (Å²) >= 11 is 0. The lowest BCUT2D eigenvalue weighted by Crippen LogP contribution is -2.14. The molecule has 0 aliphatic rings. The number of hydrogen-bond donors (Lipinski definition) is 2. The molecule has 5 heteroatoms. The number of aromatic nitrogens is 1. The highest BCUT2D eigenvalue weighted by Gasteiger charge is 2.11. The van der Waals surface area contributed by atoms with E-state index < -0.39 is 0 Å². The molecule has 138 valence electrons. The summed E-state index contributed by atoms with van der Waals surface area (Å²) in [6, 6.07) is 17.4. The van der Waals surface area contributed by atoms with Gasteiger partial charge in [0.2, 0.25) is 0 Å². The quantitative estimate of drug-likeness (QED) is 0.632. The molecule has 3 aromatic rings. The van der Waals surface area contributed by atoms with Crippen molar-refractivity contribution in [2.24, 2.45) is 0 Å². The lowest BCUT2D eigenvalue weighted by atomic mass is 10.0. The molecule has 0 bridgehead atoms. The third kappa shape index (κ3) is 4.91. The number of halogens is 1. The summed E-state index contributed by atoms with van der Waals surface area (Å²) in [5.41, 5.74) is 3.36. The minimum Gasteiger partial charge on any atom is -0.366 e. The van der Waals surface area contributed by atoms with Gasteiger partial charge in [0, 0.05) is 24.0 Å². The van der Waals surface area contributed by atoms with E-state index >= 15 is 0 Å². The maximum Gasteiger partial charge on any atom is 0.255 e. The fourth-order valence-electron chi connectivity index (χ4n) is 2.77. The summed E-state index contributed by atoms with van der Waals surface area (Å²) in [6.45, 7) is 4.68. The Bertz CT molecular complexity index is 923. The highest BCUT2D eigenvalue weighted by Crippen LogP contribution is 2.24. The van der Waals surface area contributed by atoms with E-state index in [0.717, 1.165) is 16.8 Å². The number of para-hydroxylation sites is 1. The third-order valence-electron chi connectivity index (χ3n) is 4.24. The molecule has 0 aliphatic heterocycles. The Hall–Kier alpha value is -3.21. The van der Waals surface area contributed by atoms with Crippen LogP contribution in [0.15, 0.2) is 66.9 Å². The lowest BCUT2D eigenvalue weighted by molar-refractivity contribution is 0.102. The molecule has 0 radical (unpaired) electrons. The summed E-state index contributed by atoms with van der Waals surface area (Å²) in [6.07, 6.45) is 1.59. The van der Waals surface area contributed by atoms with Crippen LogP contribution in [0.1, 0.15) is 41.3 Å². The lowest BCUT2D eigenvalue weighted by Gasteiger charge is -2.14. The number of benzene rings is 2. The van der Waals surface area contributed by atoms with Gasteiger partial charge in [-0.2, -0.15) is 0 Å². The molecule has 0 aliphatic carbocycles. The molecular weight excluding hydrogens is 341 g/mol. The van der Waals surface area contributed by atoms with Crippen molar-refractivity contribution in [2.75, 3.05) is 10.6 Å². The molecule has 1 aromatic heterocycles. The molecule has 1 heterocycles. The molecule has 0 spiro atoms. The van der Waals surface area contributed by atoms with E-state index in [4.69, 9.17) is 0 Å². The Morgan fingerprint density at radius 3 is 2.56 bits per heavy atom. The molecule has 0 saturated heterocycles. The molecular formula is C22H22FN3O. The minimum atomic E-state index is -0.266. The molecule has 1 amide bonds. The zero-order valence-electron chi connectivity index (χ0n) is 15.4. The van der Waals surface area contributed by atoms with Crippen LogP contribution >= 0.6 is 0 Å². The standard InChI is InChI=1S/C22H22FN3O/c1-15(2)19-5-3-4-6-20(19)26-22(27)17-11-12-24-21(13-17)25-14-16-7-9-18(23)10-8-16/h3-13,15H,14H2,1-2H3,(H,24,25)(H,26,27). The molecule has 2 N–H and O–H groups in total. The van der Waals surface area contributed by atoms with E-state index in [2.05, 4.69) is 29.5 Å². The zero-order valence-corrected chi connectivity index (χ0v) is 15.4. The molecule has 0 atom stereocenters. The van der Waals surface area contributed by atoms with E-state index in [1.165, 1.54) is 12.1 Å². The van der Waals surface area contributed by atoms with Crippen molar-refractivity contribution in [1.82, 2.24) is 4.98 Å². The van der Waals surface area contributed by atoms with Crippen LogP contribution < -0.4 is 10.6 Å². The van der Waals surface area contributed by atoms with Gasteiger partial charge in [-0.15, -0.1) is 0 Å².